The molecule has 0 amide bonds. The van der Waals surface area contributed by atoms with Crippen LogP contribution in [0, 0.1) is 5.82 Å². The number of methoxy groups -OCH3 is 1. The van der Waals surface area contributed by atoms with Crippen LogP contribution in [0.3, 0.4) is 0 Å². The zero-order chi connectivity index (χ0) is 14.4. The lowest BCUT2D eigenvalue weighted by Crippen LogP contribution is -2.15. The van der Waals surface area contributed by atoms with Crippen molar-refractivity contribution in [2.24, 2.45) is 0 Å². The Bertz CT molecular complexity index is 572. The van der Waals surface area contributed by atoms with Crippen molar-refractivity contribution >= 4 is 0 Å². The maximum atomic E-state index is 13.6. The third-order valence-corrected chi connectivity index (χ3v) is 3.20. The van der Waals surface area contributed by atoms with E-state index in [9.17, 15) is 4.39 Å². The summed E-state index contributed by atoms with van der Waals surface area (Å²) in [5.41, 5.74) is 3.17. The SMILES string of the molecule is CCc1cccnc1CNCc1ccc(OC)c(F)c1. The van der Waals surface area contributed by atoms with Gasteiger partial charge in [-0.3, -0.25) is 4.98 Å². The second kappa shape index (κ2) is 7.01. The average Bonchev–Trinajstić information content (AvgIpc) is 2.48. The van der Waals surface area contributed by atoms with E-state index in [2.05, 4.69) is 23.3 Å². The normalized spacial score (nSPS) is 10.6. The van der Waals surface area contributed by atoms with Crippen LogP contribution in [0.2, 0.25) is 0 Å². The average molecular weight is 274 g/mol. The van der Waals surface area contributed by atoms with Crippen LogP contribution in [-0.2, 0) is 19.5 Å². The number of rotatable bonds is 6. The molecular formula is C16H19FN2O. The number of ether oxygens (including phenoxy) is 1. The van der Waals surface area contributed by atoms with E-state index in [1.165, 1.54) is 18.7 Å². The molecule has 106 valence electrons. The van der Waals surface area contributed by atoms with Gasteiger partial charge in [0.25, 0.3) is 0 Å². The molecule has 1 N–H and O–H groups in total. The Morgan fingerprint density at radius 1 is 1.25 bits per heavy atom. The monoisotopic (exact) mass is 274 g/mol. The molecule has 0 aliphatic rings. The first-order valence-electron chi connectivity index (χ1n) is 6.70. The Labute approximate surface area is 118 Å². The van der Waals surface area contributed by atoms with Crippen LogP contribution in [0.5, 0.6) is 5.75 Å². The van der Waals surface area contributed by atoms with Gasteiger partial charge >= 0.3 is 0 Å². The molecule has 0 aliphatic carbocycles. The van der Waals surface area contributed by atoms with E-state index in [4.69, 9.17) is 4.74 Å². The predicted octanol–water partition coefficient (Wildman–Crippen LogP) is 3.08. The summed E-state index contributed by atoms with van der Waals surface area (Å²) < 4.78 is 18.5. The fourth-order valence-electron chi connectivity index (χ4n) is 2.10. The maximum Gasteiger partial charge on any atom is 0.165 e. The number of pyridine rings is 1. The molecule has 3 nitrogen and oxygen atoms in total. The van der Waals surface area contributed by atoms with Gasteiger partial charge in [-0.05, 0) is 35.7 Å². The van der Waals surface area contributed by atoms with Gasteiger partial charge in [-0.25, -0.2) is 4.39 Å². The van der Waals surface area contributed by atoms with Gasteiger partial charge in [0.15, 0.2) is 11.6 Å². The van der Waals surface area contributed by atoms with Crippen LogP contribution in [0.4, 0.5) is 4.39 Å². The van der Waals surface area contributed by atoms with Gasteiger partial charge in [0.1, 0.15) is 0 Å². The minimum Gasteiger partial charge on any atom is -0.494 e. The molecule has 0 aliphatic heterocycles. The zero-order valence-electron chi connectivity index (χ0n) is 11.8. The molecule has 4 heteroatoms. The smallest absolute Gasteiger partial charge is 0.165 e. The van der Waals surface area contributed by atoms with Crippen molar-refractivity contribution in [1.82, 2.24) is 10.3 Å². The predicted molar refractivity (Wildman–Crippen MR) is 77.1 cm³/mol. The van der Waals surface area contributed by atoms with Crippen LogP contribution >= 0.6 is 0 Å². The Hall–Kier alpha value is -1.94. The third kappa shape index (κ3) is 3.54. The van der Waals surface area contributed by atoms with Gasteiger partial charge in [0.05, 0.1) is 12.8 Å². The van der Waals surface area contributed by atoms with E-state index < -0.39 is 0 Å². The summed E-state index contributed by atoms with van der Waals surface area (Å²) in [5, 5.41) is 3.29. The van der Waals surface area contributed by atoms with Crippen molar-refractivity contribution in [3.63, 3.8) is 0 Å². The largest absolute Gasteiger partial charge is 0.494 e. The number of nitrogens with zero attached hydrogens (tertiary/aromatic N) is 1. The second-order valence-corrected chi connectivity index (χ2v) is 4.54. The molecule has 1 aromatic carbocycles. The maximum absolute atomic E-state index is 13.6. The van der Waals surface area contributed by atoms with Crippen LogP contribution in [-0.4, -0.2) is 12.1 Å². The van der Waals surface area contributed by atoms with Crippen LogP contribution in [0.25, 0.3) is 0 Å². The lowest BCUT2D eigenvalue weighted by Gasteiger charge is -2.09. The topological polar surface area (TPSA) is 34.2 Å². The fraction of sp³-hybridized carbons (Fsp3) is 0.312. The number of hydrogen-bond acceptors (Lipinski definition) is 3. The van der Waals surface area contributed by atoms with Crippen molar-refractivity contribution in [3.8, 4) is 5.75 Å². The summed E-state index contributed by atoms with van der Waals surface area (Å²) in [6.07, 6.45) is 2.76. The van der Waals surface area contributed by atoms with Crippen molar-refractivity contribution in [2.45, 2.75) is 26.4 Å². The molecule has 20 heavy (non-hydrogen) atoms. The standard InChI is InChI=1S/C16H19FN2O/c1-3-13-5-4-8-19-15(13)11-18-10-12-6-7-16(20-2)14(17)9-12/h4-9,18H,3,10-11H2,1-2H3. The van der Waals surface area contributed by atoms with Gasteiger partial charge < -0.3 is 10.1 Å². The zero-order valence-corrected chi connectivity index (χ0v) is 11.8. The second-order valence-electron chi connectivity index (χ2n) is 4.54. The first kappa shape index (κ1) is 14.5. The molecule has 2 rings (SSSR count). The number of aryl methyl sites for hydroxylation is 1. The number of halogens is 1. The van der Waals surface area contributed by atoms with Gasteiger partial charge in [-0.15, -0.1) is 0 Å². The van der Waals surface area contributed by atoms with Crippen molar-refractivity contribution in [2.75, 3.05) is 7.11 Å². The molecule has 0 bridgehead atoms. The van der Waals surface area contributed by atoms with Crippen LogP contribution in [0.1, 0.15) is 23.7 Å². The molecule has 0 spiro atoms. The summed E-state index contributed by atoms with van der Waals surface area (Å²) in [6.45, 7) is 3.39. The summed E-state index contributed by atoms with van der Waals surface area (Å²) in [5.74, 6) is -0.0642. The Kier molecular flexibility index (Phi) is 5.07. The molecule has 2 aromatic rings. The minimum atomic E-state index is -0.334. The summed E-state index contributed by atoms with van der Waals surface area (Å²) in [4.78, 5) is 4.37. The Balaban J connectivity index is 1.94. The summed E-state index contributed by atoms with van der Waals surface area (Å²) in [7, 11) is 1.46. The van der Waals surface area contributed by atoms with Crippen molar-refractivity contribution < 1.29 is 9.13 Å². The van der Waals surface area contributed by atoms with Crippen molar-refractivity contribution in [3.05, 3.63) is 59.2 Å². The van der Waals surface area contributed by atoms with Gasteiger partial charge in [-0.2, -0.15) is 0 Å². The minimum absolute atomic E-state index is 0.270. The first-order chi connectivity index (χ1) is 9.74. The summed E-state index contributed by atoms with van der Waals surface area (Å²) in [6, 6.07) is 9.02. The Morgan fingerprint density at radius 2 is 2.10 bits per heavy atom. The first-order valence-corrected chi connectivity index (χ1v) is 6.70. The molecule has 0 saturated heterocycles. The van der Waals surface area contributed by atoms with Gasteiger partial charge in [0.2, 0.25) is 0 Å². The van der Waals surface area contributed by atoms with E-state index >= 15 is 0 Å². The Morgan fingerprint density at radius 3 is 2.80 bits per heavy atom. The van der Waals surface area contributed by atoms with Crippen LogP contribution in [0.15, 0.2) is 36.5 Å². The highest BCUT2D eigenvalue weighted by molar-refractivity contribution is 5.29. The lowest BCUT2D eigenvalue weighted by molar-refractivity contribution is 0.386. The molecular weight excluding hydrogens is 255 g/mol. The third-order valence-electron chi connectivity index (χ3n) is 3.20. The highest BCUT2D eigenvalue weighted by atomic mass is 19.1. The number of nitrogens with one attached hydrogen (secondary N) is 1. The van der Waals surface area contributed by atoms with E-state index in [-0.39, 0.29) is 11.6 Å². The molecule has 1 heterocycles. The number of hydrogen-bond donors (Lipinski definition) is 1. The number of aromatic nitrogens is 1. The molecule has 0 unspecified atom stereocenters. The molecule has 0 fully saturated rings. The molecule has 0 atom stereocenters. The van der Waals surface area contributed by atoms with Gasteiger partial charge in [0, 0.05) is 19.3 Å². The molecule has 1 aromatic heterocycles. The van der Waals surface area contributed by atoms with Crippen LogP contribution < -0.4 is 10.1 Å². The number of benzene rings is 1. The van der Waals surface area contributed by atoms with E-state index in [0.29, 0.717) is 13.1 Å². The lowest BCUT2D eigenvalue weighted by atomic mass is 10.1. The fourth-order valence-corrected chi connectivity index (χ4v) is 2.10. The molecule has 0 saturated carbocycles. The highest BCUT2D eigenvalue weighted by Gasteiger charge is 2.04. The van der Waals surface area contributed by atoms with Crippen molar-refractivity contribution in [1.29, 1.82) is 0 Å². The molecule has 0 radical (unpaired) electrons. The summed E-state index contributed by atoms with van der Waals surface area (Å²) >= 11 is 0. The van der Waals surface area contributed by atoms with E-state index in [1.54, 1.807) is 12.3 Å². The quantitative estimate of drug-likeness (QED) is 0.879. The van der Waals surface area contributed by atoms with Gasteiger partial charge in [-0.1, -0.05) is 19.1 Å². The van der Waals surface area contributed by atoms with E-state index in [0.717, 1.165) is 17.7 Å². The van der Waals surface area contributed by atoms with E-state index in [1.807, 2.05) is 12.1 Å². The highest BCUT2D eigenvalue weighted by Crippen LogP contribution is 2.17.